The molecule has 0 unspecified atom stereocenters. The van der Waals surface area contributed by atoms with Gasteiger partial charge in [-0.2, -0.15) is 0 Å². The highest BCUT2D eigenvalue weighted by molar-refractivity contribution is 7.91. The normalized spacial score (nSPS) is 11.5. The van der Waals surface area contributed by atoms with Crippen LogP contribution < -0.4 is 9.62 Å². The Labute approximate surface area is 130 Å². The summed E-state index contributed by atoms with van der Waals surface area (Å²) >= 11 is 1.23. The van der Waals surface area contributed by atoms with E-state index >= 15 is 0 Å². The van der Waals surface area contributed by atoms with E-state index in [1.165, 1.54) is 17.0 Å². The van der Waals surface area contributed by atoms with Crippen molar-refractivity contribution in [3.05, 3.63) is 47.8 Å². The van der Waals surface area contributed by atoms with E-state index in [0.717, 1.165) is 19.5 Å². The SMILES string of the molecule is CCN(CCCNS(=O)(=O)c1cccs1)c1ccccc1. The highest BCUT2D eigenvalue weighted by Gasteiger charge is 2.14. The number of nitrogens with one attached hydrogen (secondary N) is 1. The fourth-order valence-electron chi connectivity index (χ4n) is 2.07. The minimum absolute atomic E-state index is 0.373. The van der Waals surface area contributed by atoms with E-state index in [4.69, 9.17) is 0 Å². The largest absolute Gasteiger partial charge is 0.372 e. The van der Waals surface area contributed by atoms with E-state index in [2.05, 4.69) is 28.7 Å². The third-order valence-corrected chi connectivity index (χ3v) is 6.02. The van der Waals surface area contributed by atoms with Gasteiger partial charge >= 0.3 is 0 Å². The van der Waals surface area contributed by atoms with Crippen LogP contribution in [-0.4, -0.2) is 28.1 Å². The molecule has 4 nitrogen and oxygen atoms in total. The second-order valence-electron chi connectivity index (χ2n) is 4.60. The van der Waals surface area contributed by atoms with E-state index < -0.39 is 10.0 Å². The molecular formula is C15H20N2O2S2. The molecule has 1 aromatic heterocycles. The van der Waals surface area contributed by atoms with Crippen LogP contribution >= 0.6 is 11.3 Å². The summed E-state index contributed by atoms with van der Waals surface area (Å²) in [7, 11) is -3.34. The van der Waals surface area contributed by atoms with E-state index in [1.54, 1.807) is 17.5 Å². The van der Waals surface area contributed by atoms with E-state index in [1.807, 2.05) is 18.2 Å². The van der Waals surface area contributed by atoms with Crippen LogP contribution in [0.3, 0.4) is 0 Å². The van der Waals surface area contributed by atoms with Gasteiger partial charge in [0, 0.05) is 25.3 Å². The van der Waals surface area contributed by atoms with Crippen LogP contribution in [0, 0.1) is 0 Å². The number of rotatable bonds is 8. The molecule has 0 atom stereocenters. The number of thiophene rings is 1. The zero-order chi connectivity index (χ0) is 15.1. The van der Waals surface area contributed by atoms with Crippen molar-refractivity contribution in [2.75, 3.05) is 24.5 Å². The summed E-state index contributed by atoms with van der Waals surface area (Å²) in [5.74, 6) is 0. The zero-order valence-corrected chi connectivity index (χ0v) is 13.7. The van der Waals surface area contributed by atoms with Gasteiger partial charge < -0.3 is 4.90 Å². The number of hydrogen-bond donors (Lipinski definition) is 1. The second-order valence-corrected chi connectivity index (χ2v) is 7.54. The van der Waals surface area contributed by atoms with Gasteiger partial charge in [0.25, 0.3) is 0 Å². The lowest BCUT2D eigenvalue weighted by molar-refractivity contribution is 0.580. The quantitative estimate of drug-likeness (QED) is 0.760. The lowest BCUT2D eigenvalue weighted by Crippen LogP contribution is -2.29. The zero-order valence-electron chi connectivity index (χ0n) is 12.0. The predicted octanol–water partition coefficient (Wildman–Crippen LogP) is 2.94. The molecule has 2 rings (SSSR count). The lowest BCUT2D eigenvalue weighted by Gasteiger charge is -2.23. The highest BCUT2D eigenvalue weighted by atomic mass is 32.2. The number of anilines is 1. The Morgan fingerprint density at radius 3 is 2.52 bits per heavy atom. The average Bonchev–Trinajstić information content (AvgIpc) is 3.03. The van der Waals surface area contributed by atoms with Gasteiger partial charge in [-0.3, -0.25) is 0 Å². The predicted molar refractivity (Wildman–Crippen MR) is 88.5 cm³/mol. The maximum Gasteiger partial charge on any atom is 0.250 e. The Kier molecular flexibility index (Phi) is 5.78. The first-order chi connectivity index (χ1) is 10.1. The van der Waals surface area contributed by atoms with Gasteiger partial charge in [-0.05, 0) is 36.9 Å². The topological polar surface area (TPSA) is 49.4 Å². The first-order valence-electron chi connectivity index (χ1n) is 6.96. The summed E-state index contributed by atoms with van der Waals surface area (Å²) in [6.07, 6.45) is 0.771. The summed E-state index contributed by atoms with van der Waals surface area (Å²) in [6.45, 7) is 4.28. The molecule has 2 aromatic rings. The standard InChI is InChI=1S/C15H20N2O2S2/c1-2-17(14-8-4-3-5-9-14)12-7-11-16-21(18,19)15-10-6-13-20-15/h3-6,8-10,13,16H,2,7,11-12H2,1H3. The molecular weight excluding hydrogens is 304 g/mol. The molecule has 0 aliphatic rings. The number of nitrogens with zero attached hydrogens (tertiary/aromatic N) is 1. The van der Waals surface area contributed by atoms with Gasteiger partial charge in [-0.1, -0.05) is 24.3 Å². The van der Waals surface area contributed by atoms with Gasteiger partial charge in [0.2, 0.25) is 10.0 Å². The van der Waals surface area contributed by atoms with E-state index in [-0.39, 0.29) is 0 Å². The Balaban J connectivity index is 1.82. The number of benzene rings is 1. The maximum atomic E-state index is 12.0. The fraction of sp³-hybridized carbons (Fsp3) is 0.333. The first-order valence-corrected chi connectivity index (χ1v) is 9.33. The van der Waals surface area contributed by atoms with Crippen LogP contribution in [0.4, 0.5) is 5.69 Å². The van der Waals surface area contributed by atoms with Gasteiger partial charge in [0.15, 0.2) is 0 Å². The van der Waals surface area contributed by atoms with Crippen molar-refractivity contribution in [3.8, 4) is 0 Å². The van der Waals surface area contributed by atoms with Crippen LogP contribution in [0.25, 0.3) is 0 Å². The summed E-state index contributed by atoms with van der Waals surface area (Å²) in [5, 5.41) is 1.77. The molecule has 0 bridgehead atoms. The monoisotopic (exact) mass is 324 g/mol. The Hall–Kier alpha value is -1.37. The molecule has 6 heteroatoms. The molecule has 0 spiro atoms. The molecule has 0 amide bonds. The first kappa shape index (κ1) is 16.0. The summed E-state index contributed by atoms with van der Waals surface area (Å²) in [4.78, 5) is 2.24. The molecule has 1 heterocycles. The van der Waals surface area contributed by atoms with Crippen LogP contribution in [0.1, 0.15) is 13.3 Å². The van der Waals surface area contributed by atoms with Crippen LogP contribution in [0.5, 0.6) is 0 Å². The Morgan fingerprint density at radius 1 is 1.14 bits per heavy atom. The van der Waals surface area contributed by atoms with Gasteiger partial charge in [0.1, 0.15) is 4.21 Å². The van der Waals surface area contributed by atoms with Crippen LogP contribution in [-0.2, 0) is 10.0 Å². The highest BCUT2D eigenvalue weighted by Crippen LogP contribution is 2.15. The van der Waals surface area contributed by atoms with Crippen molar-refractivity contribution >= 4 is 27.0 Å². The minimum Gasteiger partial charge on any atom is -0.372 e. The fourth-order valence-corrected chi connectivity index (χ4v) is 4.18. The van der Waals surface area contributed by atoms with Gasteiger partial charge in [0.05, 0.1) is 0 Å². The average molecular weight is 324 g/mol. The molecule has 0 saturated heterocycles. The third kappa shape index (κ3) is 4.56. The van der Waals surface area contributed by atoms with Crippen molar-refractivity contribution in [3.63, 3.8) is 0 Å². The van der Waals surface area contributed by atoms with Crippen molar-refractivity contribution in [2.24, 2.45) is 0 Å². The molecule has 0 aliphatic carbocycles. The van der Waals surface area contributed by atoms with Crippen molar-refractivity contribution in [1.82, 2.24) is 4.72 Å². The molecule has 0 fully saturated rings. The number of hydrogen-bond acceptors (Lipinski definition) is 4. The number of para-hydroxylation sites is 1. The molecule has 0 aliphatic heterocycles. The lowest BCUT2D eigenvalue weighted by atomic mass is 10.2. The molecule has 21 heavy (non-hydrogen) atoms. The summed E-state index contributed by atoms with van der Waals surface area (Å²) in [6, 6.07) is 13.5. The number of sulfonamides is 1. The molecule has 1 N–H and O–H groups in total. The Bertz CT molecular complexity index is 625. The van der Waals surface area contributed by atoms with Crippen LogP contribution in [0.15, 0.2) is 52.1 Å². The summed E-state index contributed by atoms with van der Waals surface area (Å²) in [5.41, 5.74) is 1.17. The Morgan fingerprint density at radius 2 is 1.90 bits per heavy atom. The second kappa shape index (κ2) is 7.59. The van der Waals surface area contributed by atoms with Gasteiger partial charge in [-0.25, -0.2) is 13.1 Å². The molecule has 0 saturated carbocycles. The van der Waals surface area contributed by atoms with E-state index in [0.29, 0.717) is 10.8 Å². The van der Waals surface area contributed by atoms with E-state index in [9.17, 15) is 8.42 Å². The van der Waals surface area contributed by atoms with Crippen molar-refractivity contribution < 1.29 is 8.42 Å². The third-order valence-electron chi connectivity index (χ3n) is 3.16. The molecule has 114 valence electrons. The van der Waals surface area contributed by atoms with Crippen molar-refractivity contribution in [2.45, 2.75) is 17.6 Å². The minimum atomic E-state index is -3.34. The maximum absolute atomic E-state index is 12.0. The molecule has 1 aromatic carbocycles. The van der Waals surface area contributed by atoms with Crippen LogP contribution in [0.2, 0.25) is 0 Å². The molecule has 0 radical (unpaired) electrons. The summed E-state index contributed by atoms with van der Waals surface area (Å²) < 4.78 is 26.9. The van der Waals surface area contributed by atoms with Gasteiger partial charge in [-0.15, -0.1) is 11.3 Å². The van der Waals surface area contributed by atoms with Crippen molar-refractivity contribution in [1.29, 1.82) is 0 Å². The smallest absolute Gasteiger partial charge is 0.250 e.